The first-order valence-corrected chi connectivity index (χ1v) is 9.94. The molecule has 2 aromatic carbocycles. The van der Waals surface area contributed by atoms with Crippen LogP contribution < -0.4 is 10.2 Å². The van der Waals surface area contributed by atoms with Gasteiger partial charge in [0.25, 0.3) is 0 Å². The third-order valence-corrected chi connectivity index (χ3v) is 5.03. The second-order valence-electron chi connectivity index (χ2n) is 6.04. The molecular weight excluding hydrogens is 488 g/mol. The van der Waals surface area contributed by atoms with Crippen LogP contribution in [0.1, 0.15) is 18.2 Å². The van der Waals surface area contributed by atoms with Crippen molar-refractivity contribution < 1.29 is 9.84 Å². The highest BCUT2D eigenvalue weighted by Crippen LogP contribution is 2.37. The number of aryl methyl sites for hydroxylation is 1. The maximum absolute atomic E-state index is 10.4. The molecule has 0 radical (unpaired) electrons. The van der Waals surface area contributed by atoms with Crippen LogP contribution in [0, 0.1) is 6.92 Å². The van der Waals surface area contributed by atoms with E-state index in [4.69, 9.17) is 4.74 Å². The van der Waals surface area contributed by atoms with E-state index in [-0.39, 0.29) is 5.75 Å². The van der Waals surface area contributed by atoms with E-state index in [9.17, 15) is 5.11 Å². The maximum Gasteiger partial charge on any atom is 0.165 e. The fourth-order valence-electron chi connectivity index (χ4n) is 2.52. The van der Waals surface area contributed by atoms with Crippen LogP contribution in [0.15, 0.2) is 56.5 Å². The summed E-state index contributed by atoms with van der Waals surface area (Å²) < 4.78 is 6.54. The highest BCUT2D eigenvalue weighted by atomic mass is 79.9. The smallest absolute Gasteiger partial charge is 0.165 e. The quantitative estimate of drug-likeness (QED) is 0.352. The van der Waals surface area contributed by atoms with Crippen molar-refractivity contribution in [3.8, 4) is 22.9 Å². The minimum atomic E-state index is 0.0812. The number of hydrogen-bond donors (Lipinski definition) is 2. The molecule has 0 atom stereocenters. The normalized spacial score (nSPS) is 11.4. The van der Waals surface area contributed by atoms with E-state index < -0.39 is 0 Å². The fraction of sp³-hybridized carbons (Fsp3) is 0.150. The molecule has 0 spiro atoms. The molecule has 0 saturated carbocycles. The van der Waals surface area contributed by atoms with Gasteiger partial charge in [-0.3, -0.25) is 5.43 Å². The Morgan fingerprint density at radius 1 is 1.11 bits per heavy atom. The number of aromatic nitrogens is 2. The molecule has 144 valence electrons. The van der Waals surface area contributed by atoms with E-state index in [1.54, 1.807) is 25.3 Å². The van der Waals surface area contributed by atoms with E-state index in [0.717, 1.165) is 27.2 Å². The Morgan fingerprint density at radius 2 is 1.82 bits per heavy atom. The number of phenolic OH excluding ortho intramolecular Hbond substituents is 1. The van der Waals surface area contributed by atoms with Crippen LogP contribution >= 0.6 is 31.9 Å². The standard InChI is InChI=1S/C20H18Br2N4O2/c1-11-8-18(26-25-12(2)13-4-6-15(28-3)7-5-13)24-20(23-11)16-9-14(21)10-17(22)19(16)27/h4-10,27H,1-3H3,(H,23,24,26)/b25-12-. The van der Waals surface area contributed by atoms with Crippen molar-refractivity contribution in [3.05, 3.63) is 62.7 Å². The molecule has 8 heteroatoms. The van der Waals surface area contributed by atoms with E-state index in [1.807, 2.05) is 38.1 Å². The number of hydrogen-bond acceptors (Lipinski definition) is 6. The van der Waals surface area contributed by atoms with Gasteiger partial charge in [-0.25, -0.2) is 9.97 Å². The molecular formula is C20H18Br2N4O2. The Bertz CT molecular complexity index is 1040. The number of ether oxygens (including phenoxy) is 1. The lowest BCUT2D eigenvalue weighted by molar-refractivity contribution is 0.415. The molecule has 28 heavy (non-hydrogen) atoms. The minimum Gasteiger partial charge on any atom is -0.506 e. The molecule has 3 aromatic rings. The molecule has 3 rings (SSSR count). The van der Waals surface area contributed by atoms with Crippen LogP contribution in [0.2, 0.25) is 0 Å². The Balaban J connectivity index is 1.89. The summed E-state index contributed by atoms with van der Waals surface area (Å²) in [6.07, 6.45) is 0. The molecule has 1 aromatic heterocycles. The number of nitrogens with zero attached hydrogens (tertiary/aromatic N) is 3. The minimum absolute atomic E-state index is 0.0812. The predicted molar refractivity (Wildman–Crippen MR) is 118 cm³/mol. The first kappa shape index (κ1) is 20.3. The van der Waals surface area contributed by atoms with Crippen molar-refractivity contribution in [1.29, 1.82) is 0 Å². The first-order chi connectivity index (χ1) is 13.4. The van der Waals surface area contributed by atoms with Crippen molar-refractivity contribution in [1.82, 2.24) is 9.97 Å². The highest BCUT2D eigenvalue weighted by molar-refractivity contribution is 9.11. The summed E-state index contributed by atoms with van der Waals surface area (Å²) in [6.45, 7) is 3.77. The zero-order valence-electron chi connectivity index (χ0n) is 15.5. The van der Waals surface area contributed by atoms with Crippen molar-refractivity contribution in [3.63, 3.8) is 0 Å². The molecule has 0 aliphatic carbocycles. The lowest BCUT2D eigenvalue weighted by atomic mass is 10.1. The largest absolute Gasteiger partial charge is 0.506 e. The Morgan fingerprint density at radius 3 is 2.50 bits per heavy atom. The summed E-state index contributed by atoms with van der Waals surface area (Å²) in [7, 11) is 1.63. The summed E-state index contributed by atoms with van der Waals surface area (Å²) in [4.78, 5) is 8.93. The van der Waals surface area contributed by atoms with Crippen LogP contribution in [0.25, 0.3) is 11.4 Å². The Kier molecular flexibility index (Phi) is 6.31. The molecule has 0 amide bonds. The van der Waals surface area contributed by atoms with Crippen LogP contribution in [0.4, 0.5) is 5.82 Å². The molecule has 1 heterocycles. The second-order valence-corrected chi connectivity index (χ2v) is 7.81. The van der Waals surface area contributed by atoms with Crippen molar-refractivity contribution in [2.45, 2.75) is 13.8 Å². The van der Waals surface area contributed by atoms with Gasteiger partial charge in [-0.2, -0.15) is 5.10 Å². The number of aromatic hydroxyl groups is 1. The second kappa shape index (κ2) is 8.70. The van der Waals surface area contributed by atoms with Gasteiger partial charge in [-0.15, -0.1) is 0 Å². The SMILES string of the molecule is COc1ccc(/C(C)=N\Nc2cc(C)nc(-c3cc(Br)cc(Br)c3O)n2)cc1. The van der Waals surface area contributed by atoms with Gasteiger partial charge in [-0.1, -0.05) is 15.9 Å². The third-order valence-electron chi connectivity index (χ3n) is 3.97. The Hall–Kier alpha value is -2.45. The van der Waals surface area contributed by atoms with Crippen LogP contribution in [-0.2, 0) is 0 Å². The van der Waals surface area contributed by atoms with Gasteiger partial charge < -0.3 is 9.84 Å². The highest BCUT2D eigenvalue weighted by Gasteiger charge is 2.13. The monoisotopic (exact) mass is 504 g/mol. The number of benzene rings is 2. The van der Waals surface area contributed by atoms with Gasteiger partial charge in [0.2, 0.25) is 0 Å². The average Bonchev–Trinajstić information content (AvgIpc) is 2.68. The van der Waals surface area contributed by atoms with Gasteiger partial charge in [0.1, 0.15) is 11.5 Å². The van der Waals surface area contributed by atoms with Gasteiger partial charge in [0, 0.05) is 16.2 Å². The van der Waals surface area contributed by atoms with Gasteiger partial charge in [0.05, 0.1) is 22.9 Å². The van der Waals surface area contributed by atoms with E-state index in [2.05, 4.69) is 52.4 Å². The number of nitrogens with one attached hydrogen (secondary N) is 1. The van der Waals surface area contributed by atoms with Crippen molar-refractivity contribution in [2.75, 3.05) is 12.5 Å². The van der Waals surface area contributed by atoms with E-state index in [0.29, 0.717) is 21.7 Å². The maximum atomic E-state index is 10.4. The molecule has 2 N–H and O–H groups in total. The predicted octanol–water partition coefficient (Wildman–Crippen LogP) is 5.53. The zero-order valence-corrected chi connectivity index (χ0v) is 18.7. The van der Waals surface area contributed by atoms with Crippen LogP contribution in [-0.4, -0.2) is 27.9 Å². The Labute approximate surface area is 180 Å². The number of methoxy groups -OCH3 is 1. The molecule has 6 nitrogen and oxygen atoms in total. The molecule has 0 aliphatic heterocycles. The number of rotatable bonds is 5. The summed E-state index contributed by atoms with van der Waals surface area (Å²) >= 11 is 6.76. The molecule has 0 saturated heterocycles. The lowest BCUT2D eigenvalue weighted by Gasteiger charge is -2.10. The molecule has 0 fully saturated rings. The summed E-state index contributed by atoms with van der Waals surface area (Å²) in [5.41, 5.74) is 6.00. The third kappa shape index (κ3) is 4.69. The summed E-state index contributed by atoms with van der Waals surface area (Å²) in [5, 5.41) is 14.8. The lowest BCUT2D eigenvalue weighted by Crippen LogP contribution is -2.03. The molecule has 0 unspecified atom stereocenters. The van der Waals surface area contributed by atoms with Crippen LogP contribution in [0.3, 0.4) is 0 Å². The molecule has 0 bridgehead atoms. The van der Waals surface area contributed by atoms with E-state index in [1.165, 1.54) is 0 Å². The van der Waals surface area contributed by atoms with Gasteiger partial charge >= 0.3 is 0 Å². The van der Waals surface area contributed by atoms with Crippen LogP contribution in [0.5, 0.6) is 11.5 Å². The molecule has 0 aliphatic rings. The van der Waals surface area contributed by atoms with Gasteiger partial charge in [-0.05, 0) is 71.7 Å². The first-order valence-electron chi connectivity index (χ1n) is 8.36. The van der Waals surface area contributed by atoms with Gasteiger partial charge in [0.15, 0.2) is 11.6 Å². The summed E-state index contributed by atoms with van der Waals surface area (Å²) in [5.74, 6) is 1.81. The average molecular weight is 506 g/mol. The number of anilines is 1. The number of hydrazone groups is 1. The van der Waals surface area contributed by atoms with Crippen molar-refractivity contribution >= 4 is 43.4 Å². The van der Waals surface area contributed by atoms with Crippen molar-refractivity contribution in [2.24, 2.45) is 5.10 Å². The van der Waals surface area contributed by atoms with E-state index >= 15 is 0 Å². The number of phenols is 1. The topological polar surface area (TPSA) is 79.6 Å². The zero-order chi connectivity index (χ0) is 20.3. The summed E-state index contributed by atoms with van der Waals surface area (Å²) in [6, 6.07) is 13.0. The number of halogens is 2. The fourth-order valence-corrected chi connectivity index (χ4v) is 3.75.